The zero-order valence-corrected chi connectivity index (χ0v) is 16.1. The quantitative estimate of drug-likeness (QED) is 0.784. The van der Waals surface area contributed by atoms with E-state index in [1.54, 1.807) is 19.5 Å². The molecule has 1 aromatic heterocycles. The number of anilines is 1. The lowest BCUT2D eigenvalue weighted by molar-refractivity contribution is -0.122. The van der Waals surface area contributed by atoms with Crippen molar-refractivity contribution < 1.29 is 14.6 Å². The molecule has 1 heterocycles. The molecule has 1 atom stereocenters. The first-order valence-corrected chi connectivity index (χ1v) is 9.19. The van der Waals surface area contributed by atoms with Crippen LogP contribution < -0.4 is 15.0 Å². The van der Waals surface area contributed by atoms with Crippen molar-refractivity contribution in [3.8, 4) is 5.75 Å². The van der Waals surface area contributed by atoms with Crippen LogP contribution in [0.5, 0.6) is 5.75 Å². The van der Waals surface area contributed by atoms with Crippen LogP contribution in [-0.2, 0) is 11.2 Å². The van der Waals surface area contributed by atoms with E-state index in [0.717, 1.165) is 16.8 Å². The second-order valence-electron chi connectivity index (χ2n) is 7.33. The molecular weight excluding hydrogens is 342 g/mol. The average Bonchev–Trinajstić information content (AvgIpc) is 2.64. The molecule has 1 saturated carbocycles. The van der Waals surface area contributed by atoms with E-state index in [9.17, 15) is 9.90 Å². The number of hydrogen-bond acceptors (Lipinski definition) is 5. The maximum absolute atomic E-state index is 12.7. The average molecular weight is 369 g/mol. The Morgan fingerprint density at radius 2 is 2.00 bits per heavy atom. The predicted octanol–water partition coefficient (Wildman–Crippen LogP) is 2.33. The lowest BCUT2D eigenvalue weighted by Gasteiger charge is -2.38. The number of hydrogen-bond donors (Lipinski definition) is 2. The van der Waals surface area contributed by atoms with Gasteiger partial charge in [-0.05, 0) is 48.1 Å². The Bertz CT molecular complexity index is 770. The number of amides is 1. The van der Waals surface area contributed by atoms with Gasteiger partial charge in [-0.3, -0.25) is 9.78 Å². The number of carbonyl (C=O) groups excluding carboxylic acids is 1. The summed E-state index contributed by atoms with van der Waals surface area (Å²) in [6.45, 7) is 0. The van der Waals surface area contributed by atoms with Gasteiger partial charge in [0.2, 0.25) is 5.91 Å². The molecule has 1 fully saturated rings. The Hall–Kier alpha value is -2.60. The predicted molar refractivity (Wildman–Crippen MR) is 105 cm³/mol. The second-order valence-corrected chi connectivity index (χ2v) is 7.33. The number of aromatic nitrogens is 1. The first kappa shape index (κ1) is 19.2. The third kappa shape index (κ3) is 4.77. The van der Waals surface area contributed by atoms with E-state index < -0.39 is 0 Å². The summed E-state index contributed by atoms with van der Waals surface area (Å²) in [6, 6.07) is 9.69. The molecule has 2 N–H and O–H groups in total. The zero-order chi connectivity index (χ0) is 19.4. The lowest BCUT2D eigenvalue weighted by Crippen LogP contribution is -2.41. The van der Waals surface area contributed by atoms with Gasteiger partial charge in [-0.25, -0.2) is 0 Å². The van der Waals surface area contributed by atoms with Crippen molar-refractivity contribution in [2.75, 3.05) is 26.1 Å². The monoisotopic (exact) mass is 369 g/mol. The molecule has 1 amide bonds. The van der Waals surface area contributed by atoms with E-state index in [1.165, 1.54) is 0 Å². The number of carbonyl (C=O) groups is 1. The molecule has 1 aliphatic rings. The molecule has 0 bridgehead atoms. The minimum atomic E-state index is -0.286. The lowest BCUT2D eigenvalue weighted by atomic mass is 9.75. The molecule has 0 spiro atoms. The van der Waals surface area contributed by atoms with Gasteiger partial charge in [-0.15, -0.1) is 0 Å². The summed E-state index contributed by atoms with van der Waals surface area (Å²) in [6.07, 6.45) is 4.79. The summed E-state index contributed by atoms with van der Waals surface area (Å²) in [5.74, 6) is 0.821. The molecule has 3 rings (SSSR count). The van der Waals surface area contributed by atoms with Crippen LogP contribution in [0.4, 0.5) is 5.69 Å². The van der Waals surface area contributed by atoms with E-state index >= 15 is 0 Å². The maximum atomic E-state index is 12.7. The van der Waals surface area contributed by atoms with Crippen molar-refractivity contribution in [1.82, 2.24) is 10.3 Å². The van der Waals surface area contributed by atoms with Crippen LogP contribution in [-0.4, -0.2) is 43.3 Å². The van der Waals surface area contributed by atoms with Crippen LogP contribution >= 0.6 is 0 Å². The summed E-state index contributed by atoms with van der Waals surface area (Å²) in [5, 5.41) is 12.8. The number of nitrogens with zero attached hydrogens (tertiary/aromatic N) is 2. The summed E-state index contributed by atoms with van der Waals surface area (Å²) in [4.78, 5) is 18.9. The first-order valence-electron chi connectivity index (χ1n) is 9.19. The van der Waals surface area contributed by atoms with Crippen LogP contribution in [0, 0.1) is 5.92 Å². The number of methoxy groups -OCH3 is 1. The molecule has 0 aliphatic heterocycles. The van der Waals surface area contributed by atoms with Crippen LogP contribution in [0.3, 0.4) is 0 Å². The Labute approximate surface area is 160 Å². The van der Waals surface area contributed by atoms with Crippen molar-refractivity contribution in [2.24, 2.45) is 5.92 Å². The van der Waals surface area contributed by atoms with E-state index in [4.69, 9.17) is 4.74 Å². The molecule has 27 heavy (non-hydrogen) atoms. The Kier molecular flexibility index (Phi) is 5.96. The number of nitrogens with one attached hydrogen (secondary N) is 1. The molecule has 144 valence electrons. The summed E-state index contributed by atoms with van der Waals surface area (Å²) < 4.78 is 5.26. The fourth-order valence-corrected chi connectivity index (χ4v) is 3.41. The van der Waals surface area contributed by atoms with E-state index in [2.05, 4.69) is 10.3 Å². The number of ether oxygens (including phenoxy) is 1. The molecular formula is C21H27N3O3. The first-order chi connectivity index (χ1) is 13.0. The number of aliphatic hydroxyl groups is 1. The van der Waals surface area contributed by atoms with Gasteiger partial charge in [0, 0.05) is 26.0 Å². The molecule has 1 aromatic carbocycles. The fourth-order valence-electron chi connectivity index (χ4n) is 3.41. The number of benzene rings is 1. The van der Waals surface area contributed by atoms with Crippen LogP contribution in [0.2, 0.25) is 0 Å². The summed E-state index contributed by atoms with van der Waals surface area (Å²) in [7, 11) is 5.57. The third-order valence-corrected chi connectivity index (χ3v) is 5.08. The highest BCUT2D eigenvalue weighted by atomic mass is 16.5. The third-order valence-electron chi connectivity index (χ3n) is 5.08. The van der Waals surface area contributed by atoms with Gasteiger partial charge in [0.15, 0.2) is 0 Å². The van der Waals surface area contributed by atoms with Crippen molar-refractivity contribution in [3.05, 3.63) is 53.9 Å². The van der Waals surface area contributed by atoms with Crippen molar-refractivity contribution in [3.63, 3.8) is 0 Å². The number of pyridine rings is 1. The molecule has 0 radical (unpaired) electrons. The van der Waals surface area contributed by atoms with Crippen LogP contribution in [0.25, 0.3) is 0 Å². The molecule has 2 aromatic rings. The Balaban J connectivity index is 1.70. The highest BCUT2D eigenvalue weighted by molar-refractivity contribution is 5.79. The van der Waals surface area contributed by atoms with E-state index in [-0.39, 0.29) is 24.0 Å². The number of aliphatic hydroxyl groups excluding tert-OH is 1. The minimum absolute atomic E-state index is 0.0400. The van der Waals surface area contributed by atoms with E-state index in [1.807, 2.05) is 49.3 Å². The molecule has 6 heteroatoms. The topological polar surface area (TPSA) is 74.7 Å². The van der Waals surface area contributed by atoms with E-state index in [0.29, 0.717) is 25.0 Å². The SMILES string of the molecule is COc1cncc([C@H](NC(=O)Cc2ccc(N(C)C)cc2)C2CC(O)C2)c1. The standard InChI is InChI=1S/C21H27N3O3/c1-24(2)17-6-4-14(5-7-17)8-20(26)23-21(15-9-18(25)10-15)16-11-19(27-3)13-22-12-16/h4-7,11-13,15,18,21,25H,8-10H2,1-3H3,(H,23,26)/t15?,18?,21-/m1/s1. The van der Waals surface area contributed by atoms with Crippen molar-refractivity contribution >= 4 is 11.6 Å². The second kappa shape index (κ2) is 8.39. The highest BCUT2D eigenvalue weighted by Gasteiger charge is 2.36. The van der Waals surface area contributed by atoms with Gasteiger partial charge in [-0.1, -0.05) is 12.1 Å². The van der Waals surface area contributed by atoms with Crippen LogP contribution in [0.1, 0.15) is 30.0 Å². The van der Waals surface area contributed by atoms with Crippen molar-refractivity contribution in [1.29, 1.82) is 0 Å². The largest absolute Gasteiger partial charge is 0.495 e. The van der Waals surface area contributed by atoms with Crippen LogP contribution in [0.15, 0.2) is 42.7 Å². The fraction of sp³-hybridized carbons (Fsp3) is 0.429. The number of rotatable bonds is 7. The Morgan fingerprint density at radius 1 is 1.30 bits per heavy atom. The molecule has 1 aliphatic carbocycles. The van der Waals surface area contributed by atoms with Crippen molar-refractivity contribution in [2.45, 2.75) is 31.4 Å². The normalized spacial score (nSPS) is 19.7. The van der Waals surface area contributed by atoms with Gasteiger partial charge >= 0.3 is 0 Å². The van der Waals surface area contributed by atoms with Gasteiger partial charge in [0.05, 0.1) is 31.9 Å². The molecule has 0 saturated heterocycles. The summed E-state index contributed by atoms with van der Waals surface area (Å²) in [5.41, 5.74) is 2.97. The summed E-state index contributed by atoms with van der Waals surface area (Å²) >= 11 is 0. The smallest absolute Gasteiger partial charge is 0.224 e. The highest BCUT2D eigenvalue weighted by Crippen LogP contribution is 2.38. The van der Waals surface area contributed by atoms with Gasteiger partial charge < -0.3 is 20.1 Å². The van der Waals surface area contributed by atoms with Gasteiger partial charge in [-0.2, -0.15) is 0 Å². The molecule has 0 unspecified atom stereocenters. The zero-order valence-electron chi connectivity index (χ0n) is 16.1. The Morgan fingerprint density at radius 3 is 2.59 bits per heavy atom. The maximum Gasteiger partial charge on any atom is 0.224 e. The van der Waals surface area contributed by atoms with Gasteiger partial charge in [0.25, 0.3) is 0 Å². The molecule has 6 nitrogen and oxygen atoms in total. The van der Waals surface area contributed by atoms with Gasteiger partial charge in [0.1, 0.15) is 5.75 Å². The minimum Gasteiger partial charge on any atom is -0.495 e.